The molecule has 0 radical (unpaired) electrons. The predicted octanol–water partition coefficient (Wildman–Crippen LogP) is 3.10. The Labute approximate surface area is 114 Å². The normalized spacial score (nSPS) is 15.8. The Morgan fingerprint density at radius 3 is 2.94 bits per heavy atom. The number of hydrogen-bond donors (Lipinski definition) is 2. The van der Waals surface area contributed by atoms with Gasteiger partial charge in [0.1, 0.15) is 10.7 Å². The van der Waals surface area contributed by atoms with E-state index in [1.807, 2.05) is 12.1 Å². The van der Waals surface area contributed by atoms with Crippen molar-refractivity contribution in [3.63, 3.8) is 0 Å². The molecule has 1 aliphatic carbocycles. The number of nitrogens with two attached hydrogens (primary N) is 1. The maximum Gasteiger partial charge on any atom is 0.124 e. The lowest BCUT2D eigenvalue weighted by Gasteiger charge is -2.12. The van der Waals surface area contributed by atoms with E-state index in [0.29, 0.717) is 10.7 Å². The summed E-state index contributed by atoms with van der Waals surface area (Å²) in [7, 11) is 0. The Bertz CT molecular complexity index is 400. The summed E-state index contributed by atoms with van der Waals surface area (Å²) >= 11 is 4.99. The van der Waals surface area contributed by atoms with Gasteiger partial charge in [0.25, 0.3) is 0 Å². The van der Waals surface area contributed by atoms with Crippen LogP contribution in [0.1, 0.15) is 44.2 Å². The number of pyridine rings is 1. The average molecular weight is 263 g/mol. The third-order valence-electron chi connectivity index (χ3n) is 3.62. The van der Waals surface area contributed by atoms with Crippen molar-refractivity contribution in [1.29, 1.82) is 0 Å². The molecular weight excluding hydrogens is 242 g/mol. The zero-order valence-corrected chi connectivity index (χ0v) is 11.5. The van der Waals surface area contributed by atoms with Crippen molar-refractivity contribution in [1.82, 2.24) is 4.98 Å². The van der Waals surface area contributed by atoms with Crippen molar-refractivity contribution in [3.05, 3.63) is 24.0 Å². The van der Waals surface area contributed by atoms with Crippen molar-refractivity contribution >= 4 is 22.9 Å². The zero-order chi connectivity index (χ0) is 12.8. The van der Waals surface area contributed by atoms with Crippen LogP contribution in [0.25, 0.3) is 0 Å². The highest BCUT2D eigenvalue weighted by Gasteiger charge is 2.14. The summed E-state index contributed by atoms with van der Waals surface area (Å²) in [5.74, 6) is 0.954. The summed E-state index contributed by atoms with van der Waals surface area (Å²) in [6.45, 7) is 0.970. The number of rotatable bonds is 6. The minimum absolute atomic E-state index is 0.355. The lowest BCUT2D eigenvalue weighted by atomic mass is 10.0. The molecule has 2 rings (SSSR count). The molecule has 0 spiro atoms. The van der Waals surface area contributed by atoms with Crippen molar-refractivity contribution in [2.24, 2.45) is 11.7 Å². The Kier molecular flexibility index (Phi) is 4.93. The summed E-state index contributed by atoms with van der Waals surface area (Å²) in [6.07, 6.45) is 9.94. The van der Waals surface area contributed by atoms with Crippen LogP contribution in [0.4, 0.5) is 5.69 Å². The van der Waals surface area contributed by atoms with Gasteiger partial charge in [0.15, 0.2) is 0 Å². The summed E-state index contributed by atoms with van der Waals surface area (Å²) < 4.78 is 0. The predicted molar refractivity (Wildman–Crippen MR) is 79.8 cm³/mol. The molecule has 98 valence electrons. The average Bonchev–Trinajstić information content (AvgIpc) is 2.88. The molecule has 3 N–H and O–H groups in total. The first-order chi connectivity index (χ1) is 8.77. The largest absolute Gasteiger partial charge is 0.388 e. The van der Waals surface area contributed by atoms with Gasteiger partial charge in [-0.15, -0.1) is 0 Å². The highest BCUT2D eigenvalue weighted by Crippen LogP contribution is 2.28. The molecule has 18 heavy (non-hydrogen) atoms. The molecule has 4 heteroatoms. The Morgan fingerprint density at radius 2 is 2.22 bits per heavy atom. The lowest BCUT2D eigenvalue weighted by molar-refractivity contribution is 0.491. The van der Waals surface area contributed by atoms with Gasteiger partial charge >= 0.3 is 0 Å². The molecule has 1 saturated carbocycles. The highest BCUT2D eigenvalue weighted by molar-refractivity contribution is 7.80. The first-order valence-corrected chi connectivity index (χ1v) is 7.17. The number of hydrogen-bond acceptors (Lipinski definition) is 3. The molecule has 1 heterocycles. The van der Waals surface area contributed by atoms with Gasteiger partial charge in [-0.1, -0.05) is 37.9 Å². The molecule has 0 unspecified atom stereocenters. The third-order valence-corrected chi connectivity index (χ3v) is 3.81. The molecule has 1 fully saturated rings. The molecule has 0 aliphatic heterocycles. The number of thiocarbonyl (C=S) groups is 1. The van der Waals surface area contributed by atoms with E-state index in [0.717, 1.165) is 18.2 Å². The fourth-order valence-corrected chi connectivity index (χ4v) is 2.82. The maximum absolute atomic E-state index is 5.65. The van der Waals surface area contributed by atoms with Gasteiger partial charge < -0.3 is 11.1 Å². The van der Waals surface area contributed by atoms with Crippen LogP contribution in [0.5, 0.6) is 0 Å². The van der Waals surface area contributed by atoms with Gasteiger partial charge in [-0.25, -0.2) is 0 Å². The first kappa shape index (κ1) is 13.3. The summed E-state index contributed by atoms with van der Waals surface area (Å²) in [4.78, 5) is 4.56. The van der Waals surface area contributed by atoms with Gasteiger partial charge in [-0.2, -0.15) is 0 Å². The van der Waals surface area contributed by atoms with E-state index in [2.05, 4.69) is 10.3 Å². The lowest BCUT2D eigenvalue weighted by Crippen LogP contribution is -2.15. The monoisotopic (exact) mass is 263 g/mol. The second-order valence-electron chi connectivity index (χ2n) is 4.98. The fourth-order valence-electron chi connectivity index (χ4n) is 2.66. The zero-order valence-electron chi connectivity index (χ0n) is 10.7. The van der Waals surface area contributed by atoms with Crippen molar-refractivity contribution in [2.75, 3.05) is 11.9 Å². The van der Waals surface area contributed by atoms with E-state index >= 15 is 0 Å². The van der Waals surface area contributed by atoms with Crippen LogP contribution in [-0.4, -0.2) is 16.5 Å². The number of nitrogens with one attached hydrogen (secondary N) is 1. The van der Waals surface area contributed by atoms with Crippen LogP contribution >= 0.6 is 12.2 Å². The molecule has 1 aromatic rings. The van der Waals surface area contributed by atoms with Crippen LogP contribution in [0.15, 0.2) is 18.3 Å². The van der Waals surface area contributed by atoms with Crippen LogP contribution in [-0.2, 0) is 0 Å². The molecule has 3 nitrogen and oxygen atoms in total. The van der Waals surface area contributed by atoms with Crippen molar-refractivity contribution in [3.8, 4) is 0 Å². The second kappa shape index (κ2) is 6.69. The maximum atomic E-state index is 5.65. The van der Waals surface area contributed by atoms with E-state index in [-0.39, 0.29) is 0 Å². The smallest absolute Gasteiger partial charge is 0.124 e. The molecule has 0 saturated heterocycles. The van der Waals surface area contributed by atoms with Gasteiger partial charge in [-0.05, 0) is 30.9 Å². The molecule has 0 amide bonds. The van der Waals surface area contributed by atoms with Gasteiger partial charge in [0, 0.05) is 12.7 Å². The Hall–Kier alpha value is -1.16. The van der Waals surface area contributed by atoms with Crippen LogP contribution in [0.2, 0.25) is 0 Å². The molecule has 0 aromatic carbocycles. The number of anilines is 1. The number of aromatic nitrogens is 1. The Morgan fingerprint density at radius 1 is 1.44 bits per heavy atom. The highest BCUT2D eigenvalue weighted by atomic mass is 32.1. The van der Waals surface area contributed by atoms with E-state index < -0.39 is 0 Å². The SMILES string of the molecule is NC(=S)c1ncccc1NCCCC1CCCC1. The van der Waals surface area contributed by atoms with Gasteiger partial charge in [0.2, 0.25) is 0 Å². The van der Waals surface area contributed by atoms with E-state index in [1.54, 1.807) is 6.20 Å². The summed E-state index contributed by atoms with van der Waals surface area (Å²) in [5, 5.41) is 3.39. The Balaban J connectivity index is 1.77. The molecule has 0 atom stereocenters. The van der Waals surface area contributed by atoms with Gasteiger partial charge in [-0.3, -0.25) is 4.98 Å². The van der Waals surface area contributed by atoms with E-state index in [9.17, 15) is 0 Å². The minimum Gasteiger partial charge on any atom is -0.388 e. The number of nitrogens with zero attached hydrogens (tertiary/aromatic N) is 1. The van der Waals surface area contributed by atoms with Gasteiger partial charge in [0.05, 0.1) is 5.69 Å². The minimum atomic E-state index is 0.355. The quantitative estimate of drug-likeness (QED) is 0.611. The molecule has 1 aromatic heterocycles. The molecule has 1 aliphatic rings. The summed E-state index contributed by atoms with van der Waals surface area (Å²) in [6, 6.07) is 3.89. The van der Waals surface area contributed by atoms with Crippen molar-refractivity contribution < 1.29 is 0 Å². The molecule has 0 bridgehead atoms. The van der Waals surface area contributed by atoms with E-state index in [4.69, 9.17) is 18.0 Å². The topological polar surface area (TPSA) is 50.9 Å². The standard InChI is InChI=1S/C14H21N3S/c15-14(18)13-12(8-4-10-17-13)16-9-3-7-11-5-1-2-6-11/h4,8,10-11,16H,1-3,5-7,9H2,(H2,15,18). The van der Waals surface area contributed by atoms with Crippen LogP contribution in [0.3, 0.4) is 0 Å². The van der Waals surface area contributed by atoms with Crippen molar-refractivity contribution in [2.45, 2.75) is 38.5 Å². The third kappa shape index (κ3) is 3.67. The fraction of sp³-hybridized carbons (Fsp3) is 0.571. The summed E-state index contributed by atoms with van der Waals surface area (Å²) in [5.41, 5.74) is 7.30. The second-order valence-corrected chi connectivity index (χ2v) is 5.42. The molecular formula is C14H21N3S. The van der Waals surface area contributed by atoms with Crippen LogP contribution in [0, 0.1) is 5.92 Å². The first-order valence-electron chi connectivity index (χ1n) is 6.76. The van der Waals surface area contributed by atoms with Crippen LogP contribution < -0.4 is 11.1 Å². The van der Waals surface area contributed by atoms with E-state index in [1.165, 1.54) is 38.5 Å².